The topological polar surface area (TPSA) is 60.8 Å². The Morgan fingerprint density at radius 2 is 1.69 bits per heavy atom. The highest BCUT2D eigenvalue weighted by molar-refractivity contribution is 5.94. The van der Waals surface area contributed by atoms with Crippen LogP contribution in [0.3, 0.4) is 0 Å². The molecule has 29 heavy (non-hydrogen) atoms. The smallest absolute Gasteiger partial charge is 0.390 e. The molecule has 1 amide bonds. The first-order chi connectivity index (χ1) is 13.5. The number of halogens is 3. The molecule has 0 unspecified atom stereocenters. The lowest BCUT2D eigenvalue weighted by Crippen LogP contribution is -2.47. The van der Waals surface area contributed by atoms with Crippen molar-refractivity contribution in [2.75, 3.05) is 6.54 Å². The van der Waals surface area contributed by atoms with E-state index in [1.807, 2.05) is 6.92 Å². The molecule has 0 spiro atoms. The van der Waals surface area contributed by atoms with E-state index >= 15 is 0 Å². The Hall–Kier alpha value is -1.60. The van der Waals surface area contributed by atoms with Crippen molar-refractivity contribution < 1.29 is 28.2 Å². The van der Waals surface area contributed by atoms with Gasteiger partial charge in [0.2, 0.25) is 0 Å². The van der Waals surface area contributed by atoms with E-state index < -0.39 is 17.4 Å². The molecule has 2 N–H and O–H groups in total. The minimum Gasteiger partial charge on any atom is -0.390 e. The van der Waals surface area contributed by atoms with Crippen molar-refractivity contribution in [3.05, 3.63) is 35.4 Å². The molecule has 1 atom stereocenters. The largest absolute Gasteiger partial charge is 0.421 e. The molecule has 0 aromatic heterocycles. The van der Waals surface area contributed by atoms with Crippen LogP contribution < -0.4 is 0 Å². The van der Waals surface area contributed by atoms with Gasteiger partial charge in [-0.25, -0.2) is 0 Å². The highest BCUT2D eigenvalue weighted by Gasteiger charge is 2.51. The molecule has 2 saturated carbocycles. The predicted molar refractivity (Wildman–Crippen MR) is 103 cm³/mol. The summed E-state index contributed by atoms with van der Waals surface area (Å²) in [5.41, 5.74) is -3.55. The number of carbonyl (C=O) groups is 1. The van der Waals surface area contributed by atoms with Crippen molar-refractivity contribution in [1.29, 1.82) is 0 Å². The quantitative estimate of drug-likeness (QED) is 0.727. The predicted octanol–water partition coefficient (Wildman–Crippen LogP) is 4.39. The van der Waals surface area contributed by atoms with E-state index in [0.717, 1.165) is 44.2 Å². The van der Waals surface area contributed by atoms with Gasteiger partial charge in [-0.05, 0) is 75.5 Å². The van der Waals surface area contributed by atoms with Crippen molar-refractivity contribution in [2.24, 2.45) is 5.92 Å². The molecule has 3 rings (SSSR count). The first kappa shape index (κ1) is 22.1. The Labute approximate surface area is 169 Å². The average Bonchev–Trinajstić information content (AvgIpc) is 3.52. The van der Waals surface area contributed by atoms with Crippen LogP contribution in [0.15, 0.2) is 24.3 Å². The summed E-state index contributed by atoms with van der Waals surface area (Å²) in [6.45, 7) is 3.25. The fourth-order valence-electron chi connectivity index (χ4n) is 4.40. The lowest BCUT2D eigenvalue weighted by molar-refractivity contribution is -0.258. The zero-order chi connectivity index (χ0) is 21.4. The molecule has 1 aromatic rings. The summed E-state index contributed by atoms with van der Waals surface area (Å²) in [6.07, 6.45) is 0.967. The van der Waals surface area contributed by atoms with Crippen molar-refractivity contribution in [2.45, 2.75) is 82.2 Å². The lowest BCUT2D eigenvalue weighted by Gasteiger charge is -2.41. The van der Waals surface area contributed by atoms with E-state index in [-0.39, 0.29) is 17.5 Å². The van der Waals surface area contributed by atoms with Crippen LogP contribution >= 0.6 is 0 Å². The molecule has 2 fully saturated rings. The first-order valence-electron chi connectivity index (χ1n) is 10.4. The second-order valence-electron chi connectivity index (χ2n) is 8.75. The highest BCUT2D eigenvalue weighted by Crippen LogP contribution is 2.47. The Morgan fingerprint density at radius 1 is 1.14 bits per heavy atom. The number of nitrogens with zero attached hydrogens (tertiary/aromatic N) is 1. The summed E-state index contributed by atoms with van der Waals surface area (Å²) in [5.74, 6) is 0.180. The van der Waals surface area contributed by atoms with Gasteiger partial charge in [0.05, 0.1) is 5.60 Å². The maximum atomic E-state index is 13.1. The number of alkyl halides is 3. The van der Waals surface area contributed by atoms with E-state index in [2.05, 4.69) is 0 Å². The summed E-state index contributed by atoms with van der Waals surface area (Å²) in [6, 6.07) is 5.06. The number of carbonyl (C=O) groups excluding carboxylic acids is 1. The third-order valence-electron chi connectivity index (χ3n) is 6.57. The van der Waals surface area contributed by atoms with Gasteiger partial charge in [0.1, 0.15) is 0 Å². The summed E-state index contributed by atoms with van der Waals surface area (Å²) in [7, 11) is 0. The minimum atomic E-state index is -4.80. The van der Waals surface area contributed by atoms with E-state index in [9.17, 15) is 28.2 Å². The van der Waals surface area contributed by atoms with Gasteiger partial charge in [-0.1, -0.05) is 19.1 Å². The summed E-state index contributed by atoms with van der Waals surface area (Å²) in [4.78, 5) is 14.9. The van der Waals surface area contributed by atoms with Crippen molar-refractivity contribution in [3.8, 4) is 0 Å². The normalized spacial score (nSPS) is 27.3. The van der Waals surface area contributed by atoms with Crippen LogP contribution in [0.5, 0.6) is 0 Å². The average molecular weight is 413 g/mol. The second kappa shape index (κ2) is 7.91. The van der Waals surface area contributed by atoms with Crippen LogP contribution in [0.1, 0.15) is 74.7 Å². The molecule has 0 aliphatic heterocycles. The number of benzene rings is 1. The van der Waals surface area contributed by atoms with Crippen molar-refractivity contribution in [1.82, 2.24) is 4.90 Å². The maximum Gasteiger partial charge on any atom is 0.421 e. The molecule has 0 bridgehead atoms. The summed E-state index contributed by atoms with van der Waals surface area (Å²) >= 11 is 0. The van der Waals surface area contributed by atoms with Gasteiger partial charge in [0, 0.05) is 18.2 Å². The van der Waals surface area contributed by atoms with E-state index in [1.54, 1.807) is 4.90 Å². The van der Waals surface area contributed by atoms with Crippen molar-refractivity contribution in [3.63, 3.8) is 0 Å². The van der Waals surface area contributed by atoms with Gasteiger partial charge in [0.25, 0.3) is 5.91 Å². The number of hydrogen-bond donors (Lipinski definition) is 2. The van der Waals surface area contributed by atoms with Gasteiger partial charge in [-0.3, -0.25) is 4.79 Å². The Balaban J connectivity index is 1.72. The third-order valence-corrected chi connectivity index (χ3v) is 6.57. The Kier molecular flexibility index (Phi) is 6.03. The molecule has 2 aliphatic rings. The zero-order valence-electron chi connectivity index (χ0n) is 17.0. The highest BCUT2D eigenvalue weighted by atomic mass is 19.4. The van der Waals surface area contributed by atoms with E-state index in [4.69, 9.17) is 0 Å². The molecule has 0 heterocycles. The number of rotatable bonds is 6. The molecule has 0 radical (unpaired) electrons. The molecule has 162 valence electrons. The van der Waals surface area contributed by atoms with E-state index in [1.165, 1.54) is 12.1 Å². The van der Waals surface area contributed by atoms with Crippen LogP contribution in [0.25, 0.3) is 0 Å². The van der Waals surface area contributed by atoms with Crippen LogP contribution in [0.2, 0.25) is 0 Å². The SMILES string of the molecule is CCCN(C(=O)c1ccc([C@](C)(O)C(F)(F)F)cc1)[C@H]1CC[C@@](O)(C2CC2)CC1. The van der Waals surface area contributed by atoms with Crippen LogP contribution in [-0.4, -0.2) is 45.4 Å². The molecule has 2 aliphatic carbocycles. The van der Waals surface area contributed by atoms with Gasteiger partial charge in [-0.15, -0.1) is 0 Å². The summed E-state index contributed by atoms with van der Waals surface area (Å²) in [5, 5.41) is 20.6. The fraction of sp³-hybridized carbons (Fsp3) is 0.682. The third kappa shape index (κ3) is 4.45. The molecule has 7 heteroatoms. The molecule has 1 aromatic carbocycles. The standard InChI is InChI=1S/C22H30F3NO3/c1-3-14-26(18-10-12-21(29,13-11-18)17-8-9-17)19(27)15-4-6-16(7-5-15)20(2,28)22(23,24)25/h4-7,17-18,28-29H,3,8-14H2,1-2H3/t18-,20-,21-/m0/s1. The van der Waals surface area contributed by atoms with Crippen LogP contribution in [0.4, 0.5) is 13.2 Å². The van der Waals surface area contributed by atoms with Gasteiger partial charge in [0.15, 0.2) is 5.60 Å². The van der Waals surface area contributed by atoms with E-state index in [0.29, 0.717) is 37.8 Å². The number of aliphatic hydroxyl groups is 2. The first-order valence-corrected chi connectivity index (χ1v) is 10.4. The van der Waals surface area contributed by atoms with Crippen LogP contribution in [-0.2, 0) is 5.60 Å². The Morgan fingerprint density at radius 3 is 2.14 bits per heavy atom. The van der Waals surface area contributed by atoms with Gasteiger partial charge < -0.3 is 15.1 Å². The number of hydrogen-bond acceptors (Lipinski definition) is 3. The van der Waals surface area contributed by atoms with Gasteiger partial charge >= 0.3 is 6.18 Å². The molecular weight excluding hydrogens is 383 g/mol. The Bertz CT molecular complexity index is 718. The maximum absolute atomic E-state index is 13.1. The van der Waals surface area contributed by atoms with Crippen molar-refractivity contribution >= 4 is 5.91 Å². The lowest BCUT2D eigenvalue weighted by atomic mass is 9.78. The second-order valence-corrected chi connectivity index (χ2v) is 8.75. The summed E-state index contributed by atoms with van der Waals surface area (Å²) < 4.78 is 39.1. The molecule has 0 saturated heterocycles. The molecule has 4 nitrogen and oxygen atoms in total. The van der Waals surface area contributed by atoms with Crippen LogP contribution in [0, 0.1) is 5.92 Å². The molecular formula is C22H30F3NO3. The zero-order valence-corrected chi connectivity index (χ0v) is 17.0. The van der Waals surface area contributed by atoms with Gasteiger partial charge in [-0.2, -0.15) is 13.2 Å². The number of amides is 1. The monoisotopic (exact) mass is 413 g/mol. The fourth-order valence-corrected chi connectivity index (χ4v) is 4.40. The minimum absolute atomic E-state index is 0.0273.